The zero-order chi connectivity index (χ0) is 16.6. The van der Waals surface area contributed by atoms with Crippen molar-refractivity contribution in [3.05, 3.63) is 65.0 Å². The number of carbonyl (C=O) groups is 3. The monoisotopic (exact) mass is 309 g/mol. The molecule has 1 aromatic heterocycles. The molecule has 2 aromatic rings. The van der Waals surface area contributed by atoms with Gasteiger partial charge in [-0.05, 0) is 37.3 Å². The molecule has 1 aliphatic heterocycles. The second-order valence-corrected chi connectivity index (χ2v) is 5.39. The van der Waals surface area contributed by atoms with E-state index in [0.29, 0.717) is 11.1 Å². The van der Waals surface area contributed by atoms with Gasteiger partial charge in [-0.1, -0.05) is 6.07 Å². The molecule has 0 saturated carbocycles. The lowest BCUT2D eigenvalue weighted by molar-refractivity contribution is 0.0739. The van der Waals surface area contributed by atoms with Crippen LogP contribution in [0.4, 0.5) is 0 Å². The molecule has 1 unspecified atom stereocenters. The van der Waals surface area contributed by atoms with E-state index in [0.717, 1.165) is 5.69 Å². The normalized spacial score (nSPS) is 14.2. The Hall–Kier alpha value is -3.02. The van der Waals surface area contributed by atoms with Gasteiger partial charge in [0, 0.05) is 18.8 Å². The van der Waals surface area contributed by atoms with Crippen molar-refractivity contribution in [3.8, 4) is 0 Å². The molecule has 3 amide bonds. The number of fused-ring (bicyclic) bond motifs is 1. The minimum absolute atomic E-state index is 0.215. The van der Waals surface area contributed by atoms with E-state index in [4.69, 9.17) is 0 Å². The van der Waals surface area contributed by atoms with Crippen molar-refractivity contribution in [3.63, 3.8) is 0 Å². The Balaban J connectivity index is 1.88. The van der Waals surface area contributed by atoms with E-state index >= 15 is 0 Å². The van der Waals surface area contributed by atoms with Gasteiger partial charge in [0.05, 0.1) is 22.9 Å². The van der Waals surface area contributed by atoms with Crippen LogP contribution in [0.3, 0.4) is 0 Å². The van der Waals surface area contributed by atoms with Crippen LogP contribution in [-0.2, 0) is 0 Å². The van der Waals surface area contributed by atoms with Gasteiger partial charge < -0.3 is 4.90 Å². The van der Waals surface area contributed by atoms with Crippen molar-refractivity contribution in [1.29, 1.82) is 0 Å². The number of imide groups is 1. The predicted octanol–water partition coefficient (Wildman–Crippen LogP) is 1.80. The third-order valence-electron chi connectivity index (χ3n) is 4.00. The average Bonchev–Trinajstić information content (AvgIpc) is 2.87. The number of hydrogen-bond acceptors (Lipinski definition) is 4. The van der Waals surface area contributed by atoms with Crippen LogP contribution in [0.2, 0.25) is 0 Å². The summed E-state index contributed by atoms with van der Waals surface area (Å²) >= 11 is 0. The summed E-state index contributed by atoms with van der Waals surface area (Å²) in [6.45, 7) is 1.88. The van der Waals surface area contributed by atoms with Crippen LogP contribution >= 0.6 is 0 Å². The van der Waals surface area contributed by atoms with Gasteiger partial charge in [0.25, 0.3) is 17.7 Å². The summed E-state index contributed by atoms with van der Waals surface area (Å²) in [4.78, 5) is 41.7. The Morgan fingerprint density at radius 3 is 2.57 bits per heavy atom. The van der Waals surface area contributed by atoms with Gasteiger partial charge >= 0.3 is 0 Å². The minimum Gasteiger partial charge on any atom is -0.333 e. The molecule has 1 aliphatic rings. The maximum atomic E-state index is 12.6. The van der Waals surface area contributed by atoms with Gasteiger partial charge in [0.15, 0.2) is 0 Å². The Bertz CT molecular complexity index is 802. The molecule has 116 valence electrons. The van der Waals surface area contributed by atoms with Crippen LogP contribution in [0.25, 0.3) is 0 Å². The van der Waals surface area contributed by atoms with Crippen LogP contribution in [0.5, 0.6) is 0 Å². The SMILES string of the molecule is CC(c1ccccn1)N(C)C(=O)c1ccc2c(c1)C(=O)NC2=O. The number of amides is 3. The largest absolute Gasteiger partial charge is 0.333 e. The topological polar surface area (TPSA) is 79.4 Å². The zero-order valence-electron chi connectivity index (χ0n) is 12.7. The third kappa shape index (κ3) is 2.59. The molecule has 0 fully saturated rings. The summed E-state index contributed by atoms with van der Waals surface area (Å²) < 4.78 is 0. The third-order valence-corrected chi connectivity index (χ3v) is 4.00. The lowest BCUT2D eigenvalue weighted by Crippen LogP contribution is -2.30. The molecule has 1 aromatic carbocycles. The van der Waals surface area contributed by atoms with Crippen molar-refractivity contribution >= 4 is 17.7 Å². The number of nitrogens with zero attached hydrogens (tertiary/aromatic N) is 2. The maximum Gasteiger partial charge on any atom is 0.258 e. The van der Waals surface area contributed by atoms with Gasteiger partial charge in [-0.3, -0.25) is 24.7 Å². The Kier molecular flexibility index (Phi) is 3.65. The highest BCUT2D eigenvalue weighted by molar-refractivity contribution is 6.22. The summed E-state index contributed by atoms with van der Waals surface area (Å²) in [7, 11) is 1.68. The summed E-state index contributed by atoms with van der Waals surface area (Å²) in [6.07, 6.45) is 1.68. The first-order valence-electron chi connectivity index (χ1n) is 7.17. The smallest absolute Gasteiger partial charge is 0.258 e. The predicted molar refractivity (Wildman–Crippen MR) is 83.0 cm³/mol. The van der Waals surface area contributed by atoms with Crippen LogP contribution in [0.15, 0.2) is 42.6 Å². The number of hydrogen-bond donors (Lipinski definition) is 1. The molecular weight excluding hydrogens is 294 g/mol. The fourth-order valence-electron chi connectivity index (χ4n) is 2.50. The van der Waals surface area contributed by atoms with Gasteiger partial charge in [-0.25, -0.2) is 0 Å². The van der Waals surface area contributed by atoms with Crippen molar-refractivity contribution in [1.82, 2.24) is 15.2 Å². The zero-order valence-corrected chi connectivity index (χ0v) is 12.7. The van der Waals surface area contributed by atoms with E-state index in [1.165, 1.54) is 12.1 Å². The van der Waals surface area contributed by atoms with Crippen LogP contribution in [0, 0.1) is 0 Å². The van der Waals surface area contributed by atoms with Gasteiger partial charge in [0.2, 0.25) is 0 Å². The van der Waals surface area contributed by atoms with E-state index in [1.807, 2.05) is 25.1 Å². The highest BCUT2D eigenvalue weighted by atomic mass is 16.2. The summed E-state index contributed by atoms with van der Waals surface area (Å²) in [6, 6.07) is 9.83. The fourth-order valence-corrected chi connectivity index (χ4v) is 2.50. The number of aromatic nitrogens is 1. The Morgan fingerprint density at radius 1 is 1.13 bits per heavy atom. The van der Waals surface area contributed by atoms with Crippen molar-refractivity contribution in [2.24, 2.45) is 0 Å². The van der Waals surface area contributed by atoms with E-state index in [2.05, 4.69) is 10.3 Å². The Morgan fingerprint density at radius 2 is 1.87 bits per heavy atom. The fraction of sp³-hybridized carbons (Fsp3) is 0.176. The summed E-state index contributed by atoms with van der Waals surface area (Å²) in [5.41, 5.74) is 1.67. The maximum absolute atomic E-state index is 12.6. The molecule has 6 heteroatoms. The first-order chi connectivity index (χ1) is 11.0. The van der Waals surface area contributed by atoms with E-state index in [1.54, 1.807) is 24.2 Å². The van der Waals surface area contributed by atoms with Crippen molar-refractivity contribution in [2.45, 2.75) is 13.0 Å². The number of carbonyl (C=O) groups excluding carboxylic acids is 3. The molecule has 6 nitrogen and oxygen atoms in total. The molecule has 0 saturated heterocycles. The highest BCUT2D eigenvalue weighted by Crippen LogP contribution is 2.22. The number of benzene rings is 1. The first kappa shape index (κ1) is 14.9. The summed E-state index contributed by atoms with van der Waals surface area (Å²) in [5.74, 6) is -1.14. The number of rotatable bonds is 3. The number of nitrogens with one attached hydrogen (secondary N) is 1. The van der Waals surface area contributed by atoms with Crippen LogP contribution < -0.4 is 5.32 Å². The van der Waals surface area contributed by atoms with Crippen LogP contribution in [0.1, 0.15) is 49.7 Å². The first-order valence-corrected chi connectivity index (χ1v) is 7.17. The molecule has 0 radical (unpaired) electrons. The molecule has 2 heterocycles. The molecular formula is C17H15N3O3. The Labute approximate surface area is 133 Å². The van der Waals surface area contributed by atoms with E-state index < -0.39 is 11.8 Å². The molecule has 23 heavy (non-hydrogen) atoms. The molecule has 1 N–H and O–H groups in total. The lowest BCUT2D eigenvalue weighted by Gasteiger charge is -2.24. The van der Waals surface area contributed by atoms with E-state index in [-0.39, 0.29) is 17.5 Å². The molecule has 0 spiro atoms. The lowest BCUT2D eigenvalue weighted by atomic mass is 10.0. The van der Waals surface area contributed by atoms with Crippen molar-refractivity contribution in [2.75, 3.05) is 7.05 Å². The molecule has 0 aliphatic carbocycles. The molecule has 3 rings (SSSR count). The van der Waals surface area contributed by atoms with Crippen molar-refractivity contribution < 1.29 is 14.4 Å². The highest BCUT2D eigenvalue weighted by Gasteiger charge is 2.28. The second-order valence-electron chi connectivity index (χ2n) is 5.39. The molecule has 0 bridgehead atoms. The standard InChI is InChI=1S/C17H15N3O3/c1-10(14-5-3-4-8-18-14)20(2)17(23)11-6-7-12-13(9-11)16(22)19-15(12)21/h3-10H,1-2H3,(H,19,21,22). The molecule has 1 atom stereocenters. The average molecular weight is 309 g/mol. The van der Waals surface area contributed by atoms with Gasteiger partial charge in [-0.15, -0.1) is 0 Å². The van der Waals surface area contributed by atoms with Gasteiger partial charge in [0.1, 0.15) is 0 Å². The second kappa shape index (κ2) is 5.64. The van der Waals surface area contributed by atoms with E-state index in [9.17, 15) is 14.4 Å². The van der Waals surface area contributed by atoms with Gasteiger partial charge in [-0.2, -0.15) is 0 Å². The quantitative estimate of drug-likeness (QED) is 0.877. The minimum atomic E-state index is -0.472. The van der Waals surface area contributed by atoms with Crippen LogP contribution in [-0.4, -0.2) is 34.7 Å². The summed E-state index contributed by atoms with van der Waals surface area (Å²) in [5, 5.41) is 2.21. The number of pyridine rings is 1.